The van der Waals surface area contributed by atoms with Crippen LogP contribution >= 0.6 is 0 Å². The molecule has 1 fully saturated rings. The van der Waals surface area contributed by atoms with Gasteiger partial charge in [-0.3, -0.25) is 4.90 Å². The van der Waals surface area contributed by atoms with Crippen LogP contribution in [-0.4, -0.2) is 46.2 Å². The van der Waals surface area contributed by atoms with Crippen molar-refractivity contribution in [2.24, 2.45) is 0 Å². The Balaban J connectivity index is 1.26. The molecule has 1 aromatic carbocycles. The SMILES string of the molecule is c1ncc2cc(N3CCN(Cc4noc5c4CCC5)CC3)ccc2n1. The lowest BCUT2D eigenvalue weighted by molar-refractivity contribution is 0.240. The zero-order valence-corrected chi connectivity index (χ0v) is 14.2. The van der Waals surface area contributed by atoms with Crippen LogP contribution in [0.25, 0.3) is 10.9 Å². The van der Waals surface area contributed by atoms with Gasteiger partial charge in [-0.25, -0.2) is 9.97 Å². The Labute approximate surface area is 146 Å². The molecule has 1 aliphatic heterocycles. The van der Waals surface area contributed by atoms with Gasteiger partial charge in [0, 0.05) is 62.0 Å². The molecule has 0 spiro atoms. The third kappa shape index (κ3) is 2.76. The van der Waals surface area contributed by atoms with Crippen LogP contribution in [0.15, 0.2) is 35.2 Å². The molecule has 6 heteroatoms. The summed E-state index contributed by atoms with van der Waals surface area (Å²) >= 11 is 0. The summed E-state index contributed by atoms with van der Waals surface area (Å²) in [5.74, 6) is 1.12. The normalized spacial score (nSPS) is 18.0. The minimum absolute atomic E-state index is 0.915. The fourth-order valence-corrected chi connectivity index (χ4v) is 3.96. The van der Waals surface area contributed by atoms with Crippen molar-refractivity contribution in [3.63, 3.8) is 0 Å². The van der Waals surface area contributed by atoms with E-state index in [0.29, 0.717) is 0 Å². The topological polar surface area (TPSA) is 58.3 Å². The number of piperazine rings is 1. The van der Waals surface area contributed by atoms with Crippen molar-refractivity contribution in [3.05, 3.63) is 47.7 Å². The van der Waals surface area contributed by atoms with E-state index in [4.69, 9.17) is 4.52 Å². The van der Waals surface area contributed by atoms with Gasteiger partial charge in [-0.15, -0.1) is 0 Å². The van der Waals surface area contributed by atoms with Crippen LogP contribution in [0.5, 0.6) is 0 Å². The maximum atomic E-state index is 5.48. The van der Waals surface area contributed by atoms with Crippen molar-refractivity contribution in [2.45, 2.75) is 25.8 Å². The van der Waals surface area contributed by atoms with E-state index < -0.39 is 0 Å². The van der Waals surface area contributed by atoms with Gasteiger partial charge in [0.15, 0.2) is 0 Å². The predicted molar refractivity (Wildman–Crippen MR) is 95.6 cm³/mol. The van der Waals surface area contributed by atoms with Crippen molar-refractivity contribution >= 4 is 16.6 Å². The molecule has 1 saturated heterocycles. The minimum atomic E-state index is 0.915. The van der Waals surface area contributed by atoms with Crippen LogP contribution in [0.4, 0.5) is 5.69 Å². The van der Waals surface area contributed by atoms with E-state index in [1.807, 2.05) is 6.20 Å². The van der Waals surface area contributed by atoms with Gasteiger partial charge in [0.1, 0.15) is 17.8 Å². The smallest absolute Gasteiger partial charge is 0.140 e. The maximum Gasteiger partial charge on any atom is 0.140 e. The highest BCUT2D eigenvalue weighted by molar-refractivity contribution is 5.81. The van der Waals surface area contributed by atoms with Crippen molar-refractivity contribution < 1.29 is 4.52 Å². The van der Waals surface area contributed by atoms with Gasteiger partial charge in [-0.05, 0) is 31.0 Å². The number of benzene rings is 1. The lowest BCUT2D eigenvalue weighted by Gasteiger charge is -2.35. The molecule has 0 N–H and O–H groups in total. The highest BCUT2D eigenvalue weighted by Crippen LogP contribution is 2.27. The van der Waals surface area contributed by atoms with Crippen molar-refractivity contribution in [1.29, 1.82) is 0 Å². The first-order valence-electron chi connectivity index (χ1n) is 9.00. The Bertz CT molecular complexity index is 898. The van der Waals surface area contributed by atoms with Crippen molar-refractivity contribution in [1.82, 2.24) is 20.0 Å². The van der Waals surface area contributed by atoms with Crippen LogP contribution in [-0.2, 0) is 19.4 Å². The van der Waals surface area contributed by atoms with E-state index in [1.54, 1.807) is 6.33 Å². The molecule has 3 heterocycles. The first-order valence-corrected chi connectivity index (χ1v) is 9.00. The third-order valence-corrected chi connectivity index (χ3v) is 5.38. The lowest BCUT2D eigenvalue weighted by atomic mass is 10.1. The molecule has 0 radical (unpaired) electrons. The molecular formula is C19H21N5O. The number of fused-ring (bicyclic) bond motifs is 2. The average molecular weight is 335 g/mol. The highest BCUT2D eigenvalue weighted by atomic mass is 16.5. The summed E-state index contributed by atoms with van der Waals surface area (Å²) in [5.41, 5.74) is 4.78. The van der Waals surface area contributed by atoms with Gasteiger partial charge in [0.2, 0.25) is 0 Å². The monoisotopic (exact) mass is 335 g/mol. The summed E-state index contributed by atoms with van der Waals surface area (Å²) in [7, 11) is 0. The van der Waals surface area contributed by atoms with E-state index in [9.17, 15) is 0 Å². The quantitative estimate of drug-likeness (QED) is 0.733. The predicted octanol–water partition coefficient (Wildman–Crippen LogP) is 2.43. The molecule has 25 heavy (non-hydrogen) atoms. The molecule has 0 bridgehead atoms. The molecule has 0 saturated carbocycles. The Morgan fingerprint density at radius 2 is 2.00 bits per heavy atom. The van der Waals surface area contributed by atoms with E-state index in [0.717, 1.165) is 67.9 Å². The first kappa shape index (κ1) is 14.8. The molecule has 2 aliphatic rings. The summed E-state index contributed by atoms with van der Waals surface area (Å²) in [5, 5.41) is 5.40. The Hall–Kier alpha value is -2.47. The van der Waals surface area contributed by atoms with Crippen LogP contribution in [0.2, 0.25) is 0 Å². The fourth-order valence-electron chi connectivity index (χ4n) is 3.96. The third-order valence-electron chi connectivity index (χ3n) is 5.38. The fraction of sp³-hybridized carbons (Fsp3) is 0.421. The second kappa shape index (κ2) is 6.11. The molecule has 0 atom stereocenters. The molecule has 128 valence electrons. The minimum Gasteiger partial charge on any atom is -0.369 e. The number of nitrogens with zero attached hydrogens (tertiary/aromatic N) is 5. The summed E-state index contributed by atoms with van der Waals surface area (Å²) in [6, 6.07) is 6.43. The summed E-state index contributed by atoms with van der Waals surface area (Å²) in [6.45, 7) is 5.06. The van der Waals surface area contributed by atoms with E-state index in [-0.39, 0.29) is 0 Å². The second-order valence-corrected chi connectivity index (χ2v) is 6.91. The van der Waals surface area contributed by atoms with Crippen LogP contribution in [0.1, 0.15) is 23.4 Å². The summed E-state index contributed by atoms with van der Waals surface area (Å²) < 4.78 is 5.48. The van der Waals surface area contributed by atoms with Gasteiger partial charge < -0.3 is 9.42 Å². The van der Waals surface area contributed by atoms with Crippen LogP contribution in [0, 0.1) is 0 Å². The average Bonchev–Trinajstić information content (AvgIpc) is 3.27. The summed E-state index contributed by atoms with van der Waals surface area (Å²) in [6.07, 6.45) is 6.88. The zero-order valence-electron chi connectivity index (χ0n) is 14.2. The molecule has 1 aliphatic carbocycles. The molecule has 2 aromatic heterocycles. The Morgan fingerprint density at radius 1 is 1.08 bits per heavy atom. The van der Waals surface area contributed by atoms with Gasteiger partial charge in [0.25, 0.3) is 0 Å². The number of hydrogen-bond acceptors (Lipinski definition) is 6. The number of aromatic nitrogens is 3. The standard InChI is InChI=1S/C19H21N5O/c1-2-16-18(22-25-19(16)3-1)12-23-6-8-24(9-7-23)15-4-5-17-14(10-15)11-20-13-21-17/h4-5,10-11,13H,1-3,6-9,12H2. The highest BCUT2D eigenvalue weighted by Gasteiger charge is 2.24. The van der Waals surface area contributed by atoms with E-state index in [1.165, 1.54) is 17.7 Å². The number of rotatable bonds is 3. The molecule has 3 aromatic rings. The van der Waals surface area contributed by atoms with Gasteiger partial charge in [-0.1, -0.05) is 5.16 Å². The zero-order chi connectivity index (χ0) is 16.6. The lowest BCUT2D eigenvalue weighted by Crippen LogP contribution is -2.46. The largest absolute Gasteiger partial charge is 0.369 e. The Kier molecular flexibility index (Phi) is 3.63. The maximum absolute atomic E-state index is 5.48. The number of aryl methyl sites for hydroxylation is 1. The van der Waals surface area contributed by atoms with Gasteiger partial charge in [0.05, 0.1) is 5.52 Å². The molecule has 5 rings (SSSR count). The van der Waals surface area contributed by atoms with Gasteiger partial charge >= 0.3 is 0 Å². The van der Waals surface area contributed by atoms with Crippen LogP contribution < -0.4 is 4.90 Å². The number of hydrogen-bond donors (Lipinski definition) is 0. The molecule has 0 amide bonds. The van der Waals surface area contributed by atoms with E-state index >= 15 is 0 Å². The van der Waals surface area contributed by atoms with E-state index in [2.05, 4.69) is 43.1 Å². The molecule has 0 unspecified atom stereocenters. The summed E-state index contributed by atoms with van der Waals surface area (Å²) in [4.78, 5) is 13.3. The molecule has 6 nitrogen and oxygen atoms in total. The van der Waals surface area contributed by atoms with Crippen molar-refractivity contribution in [2.75, 3.05) is 31.1 Å². The Morgan fingerprint density at radius 3 is 2.92 bits per heavy atom. The van der Waals surface area contributed by atoms with Crippen molar-refractivity contribution in [3.8, 4) is 0 Å². The second-order valence-electron chi connectivity index (χ2n) is 6.91. The number of anilines is 1. The van der Waals surface area contributed by atoms with Crippen LogP contribution in [0.3, 0.4) is 0 Å². The molecular weight excluding hydrogens is 314 g/mol. The van der Waals surface area contributed by atoms with Gasteiger partial charge in [-0.2, -0.15) is 0 Å². The first-order chi connectivity index (χ1) is 12.4.